The van der Waals surface area contributed by atoms with E-state index in [1.54, 1.807) is 36.4 Å². The van der Waals surface area contributed by atoms with Crippen LogP contribution in [0.4, 0.5) is 0 Å². The Bertz CT molecular complexity index is 855. The quantitative estimate of drug-likeness (QED) is 0.283. The first-order chi connectivity index (χ1) is 12.3. The van der Waals surface area contributed by atoms with E-state index in [4.69, 9.17) is 11.6 Å². The number of benzene rings is 1. The van der Waals surface area contributed by atoms with Gasteiger partial charge in [0.15, 0.2) is 15.8 Å². The average molecular weight is 544 g/mol. The summed E-state index contributed by atoms with van der Waals surface area (Å²) in [6.45, 7) is 3.32. The van der Waals surface area contributed by atoms with Gasteiger partial charge < -0.3 is 15.7 Å². The molecule has 1 heterocycles. The van der Waals surface area contributed by atoms with Crippen LogP contribution in [0.25, 0.3) is 0 Å². The maximum Gasteiger partial charge on any atom is 0.191 e. The van der Waals surface area contributed by atoms with Gasteiger partial charge in [0.25, 0.3) is 0 Å². The van der Waals surface area contributed by atoms with Crippen LogP contribution in [0.3, 0.4) is 0 Å². The maximum absolute atomic E-state index is 11.5. The molecule has 0 saturated heterocycles. The predicted molar refractivity (Wildman–Crippen MR) is 122 cm³/mol. The van der Waals surface area contributed by atoms with Crippen LogP contribution in [0.15, 0.2) is 46.3 Å². The summed E-state index contributed by atoms with van der Waals surface area (Å²) in [6.07, 6.45) is 0.504. The molecule has 27 heavy (non-hydrogen) atoms. The molecule has 150 valence electrons. The lowest BCUT2D eigenvalue weighted by atomic mass is 10.2. The summed E-state index contributed by atoms with van der Waals surface area (Å²) in [5.41, 5.74) is 0.889. The molecule has 0 aliphatic carbocycles. The molecular formula is C17H23ClIN3O3S2. The Morgan fingerprint density at radius 3 is 2.41 bits per heavy atom. The van der Waals surface area contributed by atoms with Crippen molar-refractivity contribution in [2.75, 3.05) is 19.3 Å². The number of hydrogen-bond donors (Lipinski definition) is 3. The molecule has 0 saturated carbocycles. The molecule has 1 aromatic heterocycles. The van der Waals surface area contributed by atoms with Crippen LogP contribution >= 0.6 is 46.9 Å². The lowest BCUT2D eigenvalue weighted by molar-refractivity contribution is 0.184. The summed E-state index contributed by atoms with van der Waals surface area (Å²) >= 11 is 7.23. The van der Waals surface area contributed by atoms with Crippen molar-refractivity contribution in [2.45, 2.75) is 24.5 Å². The van der Waals surface area contributed by atoms with Gasteiger partial charge in [0.2, 0.25) is 0 Å². The molecule has 1 unspecified atom stereocenters. The van der Waals surface area contributed by atoms with Gasteiger partial charge >= 0.3 is 0 Å². The molecule has 0 aliphatic heterocycles. The molecule has 0 spiro atoms. The third-order valence-corrected chi connectivity index (χ3v) is 5.96. The van der Waals surface area contributed by atoms with E-state index in [2.05, 4.69) is 15.6 Å². The number of rotatable bonds is 7. The Morgan fingerprint density at radius 2 is 1.89 bits per heavy atom. The number of nitrogens with zero attached hydrogens (tertiary/aromatic N) is 1. The summed E-state index contributed by atoms with van der Waals surface area (Å²) in [7, 11) is -3.20. The van der Waals surface area contributed by atoms with Gasteiger partial charge in [-0.05, 0) is 36.8 Å². The molecule has 0 bridgehead atoms. The highest BCUT2D eigenvalue weighted by Gasteiger charge is 2.11. The van der Waals surface area contributed by atoms with Gasteiger partial charge in [-0.25, -0.2) is 13.4 Å². The van der Waals surface area contributed by atoms with E-state index in [1.807, 2.05) is 6.92 Å². The number of halogens is 2. The van der Waals surface area contributed by atoms with Crippen LogP contribution in [-0.4, -0.2) is 38.8 Å². The SMILES string of the molecule is CCNC(=NCc1ccc(S(C)(=O)=O)cc1)NCC(O)c1ccc(Cl)s1.I. The number of nitrogens with one attached hydrogen (secondary N) is 2. The zero-order valence-electron chi connectivity index (χ0n) is 15.0. The van der Waals surface area contributed by atoms with Crippen molar-refractivity contribution in [3.63, 3.8) is 0 Å². The largest absolute Gasteiger partial charge is 0.386 e. The van der Waals surface area contributed by atoms with Gasteiger partial charge in [-0.3, -0.25) is 0 Å². The van der Waals surface area contributed by atoms with Gasteiger partial charge in [-0.2, -0.15) is 0 Å². The number of guanidine groups is 1. The summed E-state index contributed by atoms with van der Waals surface area (Å²) in [6, 6.07) is 10.2. The second-order valence-electron chi connectivity index (χ2n) is 5.65. The lowest BCUT2D eigenvalue weighted by Gasteiger charge is -2.14. The highest BCUT2D eigenvalue weighted by atomic mass is 127. The van der Waals surface area contributed by atoms with E-state index in [0.717, 1.165) is 10.4 Å². The second-order valence-corrected chi connectivity index (χ2v) is 9.41. The van der Waals surface area contributed by atoms with Gasteiger partial charge in [0.1, 0.15) is 6.10 Å². The molecule has 0 radical (unpaired) electrons. The Hall–Kier alpha value is -0.880. The van der Waals surface area contributed by atoms with Crippen molar-refractivity contribution >= 4 is 62.7 Å². The summed E-state index contributed by atoms with van der Waals surface area (Å²) < 4.78 is 23.6. The van der Waals surface area contributed by atoms with Gasteiger partial charge in [0.05, 0.1) is 15.8 Å². The first kappa shape index (κ1) is 24.2. The monoisotopic (exact) mass is 543 g/mol. The first-order valence-corrected chi connectivity index (χ1v) is 11.1. The number of sulfone groups is 1. The average Bonchev–Trinajstić information content (AvgIpc) is 3.03. The molecule has 1 atom stereocenters. The lowest BCUT2D eigenvalue weighted by Crippen LogP contribution is -2.39. The number of aliphatic imine (C=N–C) groups is 1. The zero-order valence-corrected chi connectivity index (χ0v) is 19.7. The van der Waals surface area contributed by atoms with Crippen molar-refractivity contribution in [3.8, 4) is 0 Å². The van der Waals surface area contributed by atoms with Crippen LogP contribution in [-0.2, 0) is 16.4 Å². The van der Waals surface area contributed by atoms with E-state index in [1.165, 1.54) is 17.6 Å². The van der Waals surface area contributed by atoms with Crippen molar-refractivity contribution in [1.29, 1.82) is 0 Å². The second kappa shape index (κ2) is 11.2. The van der Waals surface area contributed by atoms with E-state index in [-0.39, 0.29) is 28.9 Å². The molecule has 0 fully saturated rings. The van der Waals surface area contributed by atoms with Crippen molar-refractivity contribution in [1.82, 2.24) is 10.6 Å². The van der Waals surface area contributed by atoms with Crippen LogP contribution < -0.4 is 10.6 Å². The van der Waals surface area contributed by atoms with Crippen LogP contribution in [0.2, 0.25) is 4.34 Å². The van der Waals surface area contributed by atoms with E-state index < -0.39 is 15.9 Å². The van der Waals surface area contributed by atoms with Gasteiger partial charge in [-0.15, -0.1) is 35.3 Å². The van der Waals surface area contributed by atoms with Crippen molar-refractivity contribution < 1.29 is 13.5 Å². The molecule has 10 heteroatoms. The highest BCUT2D eigenvalue weighted by molar-refractivity contribution is 14.0. The molecule has 0 amide bonds. The van der Waals surface area contributed by atoms with Crippen LogP contribution in [0.5, 0.6) is 0 Å². The number of thiophene rings is 1. The maximum atomic E-state index is 11.5. The van der Waals surface area contributed by atoms with Gasteiger partial charge in [-0.1, -0.05) is 23.7 Å². The fraction of sp³-hybridized carbons (Fsp3) is 0.353. The molecular weight excluding hydrogens is 521 g/mol. The predicted octanol–water partition coefficient (Wildman–Crippen LogP) is 3.21. The topological polar surface area (TPSA) is 90.8 Å². The molecule has 0 aliphatic rings. The highest BCUT2D eigenvalue weighted by Crippen LogP contribution is 2.26. The minimum atomic E-state index is -3.20. The Kier molecular flexibility index (Phi) is 10.0. The van der Waals surface area contributed by atoms with Crippen LogP contribution in [0, 0.1) is 0 Å². The Morgan fingerprint density at radius 1 is 1.22 bits per heavy atom. The summed E-state index contributed by atoms with van der Waals surface area (Å²) in [4.78, 5) is 5.53. The van der Waals surface area contributed by atoms with E-state index >= 15 is 0 Å². The number of aliphatic hydroxyl groups excluding tert-OH is 1. The van der Waals surface area contributed by atoms with E-state index in [9.17, 15) is 13.5 Å². The molecule has 6 nitrogen and oxygen atoms in total. The normalized spacial score (nSPS) is 13.0. The summed E-state index contributed by atoms with van der Waals surface area (Å²) in [5.74, 6) is 0.571. The zero-order chi connectivity index (χ0) is 19.2. The summed E-state index contributed by atoms with van der Waals surface area (Å²) in [5, 5.41) is 16.4. The number of aliphatic hydroxyl groups is 1. The minimum Gasteiger partial charge on any atom is -0.386 e. The van der Waals surface area contributed by atoms with E-state index in [0.29, 0.717) is 29.9 Å². The Balaban J connectivity index is 0.00000364. The molecule has 2 rings (SSSR count). The molecule has 1 aromatic carbocycles. The fourth-order valence-corrected chi connectivity index (χ4v) is 3.83. The van der Waals surface area contributed by atoms with Gasteiger partial charge in [0, 0.05) is 24.2 Å². The standard InChI is InChI=1S/C17H22ClN3O3S2.HI/c1-3-19-17(21-11-14(22)15-8-9-16(18)25-15)20-10-12-4-6-13(7-5-12)26(2,23)24;/h4-9,14,22H,3,10-11H2,1-2H3,(H2,19,20,21);1H. The first-order valence-electron chi connectivity index (χ1n) is 8.04. The molecule has 2 aromatic rings. The number of hydrogen-bond acceptors (Lipinski definition) is 5. The molecule has 3 N–H and O–H groups in total. The Labute approximate surface area is 186 Å². The fourth-order valence-electron chi connectivity index (χ4n) is 2.16. The van der Waals surface area contributed by atoms with Crippen molar-refractivity contribution in [3.05, 3.63) is 51.2 Å². The third-order valence-electron chi connectivity index (χ3n) is 3.50. The van der Waals surface area contributed by atoms with Crippen molar-refractivity contribution in [2.24, 2.45) is 4.99 Å². The smallest absolute Gasteiger partial charge is 0.191 e. The third kappa shape index (κ3) is 7.94. The minimum absolute atomic E-state index is 0. The van der Waals surface area contributed by atoms with Crippen LogP contribution in [0.1, 0.15) is 23.5 Å².